The van der Waals surface area contributed by atoms with Crippen molar-refractivity contribution in [1.29, 1.82) is 0 Å². The third-order valence-corrected chi connectivity index (χ3v) is 8.71. The fourth-order valence-electron chi connectivity index (χ4n) is 5.88. The fraction of sp³-hybridized carbons (Fsp3) is 0.355. The topological polar surface area (TPSA) is 124 Å². The van der Waals surface area contributed by atoms with Crippen LogP contribution in [0.1, 0.15) is 22.3 Å². The Balaban J connectivity index is 1.14. The number of β-amino-alcohol motifs (C(OH)–C–C–N with tert-alkyl or cyclic N) is 1. The Bertz CT molecular complexity index is 1720. The molecule has 4 heterocycles. The molecule has 0 saturated carbocycles. The van der Waals surface area contributed by atoms with E-state index in [0.717, 1.165) is 5.56 Å². The van der Waals surface area contributed by atoms with Gasteiger partial charge in [0.05, 0.1) is 36.0 Å². The van der Waals surface area contributed by atoms with Crippen molar-refractivity contribution < 1.29 is 23.8 Å². The number of aromatic nitrogens is 3. The van der Waals surface area contributed by atoms with Crippen molar-refractivity contribution in [1.82, 2.24) is 29.5 Å². The first-order valence-corrected chi connectivity index (χ1v) is 14.8. The number of rotatable bonds is 6. The number of fused-ring (bicyclic) bond motifs is 1. The summed E-state index contributed by atoms with van der Waals surface area (Å²) in [6.07, 6.45) is 4.86. The quantitative estimate of drug-likeness (QED) is 0.299. The fourth-order valence-corrected chi connectivity index (χ4v) is 6.13. The van der Waals surface area contributed by atoms with Crippen molar-refractivity contribution in [3.05, 3.63) is 70.9 Å². The molecule has 2 amide bonds. The Labute approximate surface area is 258 Å². The molecule has 0 aliphatic carbocycles. The summed E-state index contributed by atoms with van der Waals surface area (Å²) in [5.41, 5.74) is 3.64. The van der Waals surface area contributed by atoms with Crippen LogP contribution >= 0.6 is 11.6 Å². The molecular weight excluding hydrogens is 589 g/mol. The molecule has 2 aromatic heterocycles. The number of nitrogens with one attached hydrogen (secondary N) is 2. The number of methoxy groups -OCH3 is 1. The summed E-state index contributed by atoms with van der Waals surface area (Å²) in [7, 11) is 1.38. The number of ether oxygens (including phenoxy) is 1. The van der Waals surface area contributed by atoms with Gasteiger partial charge in [-0.15, -0.1) is 0 Å². The van der Waals surface area contributed by atoms with Crippen LogP contribution in [-0.2, 0) is 4.79 Å². The minimum Gasteiger partial charge on any atom is -0.494 e. The zero-order chi connectivity index (χ0) is 31.0. The number of halogens is 2. The first-order valence-electron chi connectivity index (χ1n) is 14.5. The van der Waals surface area contributed by atoms with Crippen LogP contribution in [0.25, 0.3) is 16.9 Å². The van der Waals surface area contributed by atoms with Gasteiger partial charge in [-0.1, -0.05) is 11.6 Å². The summed E-state index contributed by atoms with van der Waals surface area (Å²) >= 11 is 6.32. The predicted molar refractivity (Wildman–Crippen MR) is 164 cm³/mol. The molecule has 11 nitrogen and oxygen atoms in total. The highest BCUT2D eigenvalue weighted by molar-refractivity contribution is 6.33. The summed E-state index contributed by atoms with van der Waals surface area (Å²) in [4.78, 5) is 38.8. The molecule has 2 fully saturated rings. The Hall–Kier alpha value is -4.26. The van der Waals surface area contributed by atoms with E-state index < -0.39 is 17.8 Å². The van der Waals surface area contributed by atoms with Crippen LogP contribution in [-0.4, -0.2) is 93.6 Å². The number of carbonyl (C=O) groups is 2. The van der Waals surface area contributed by atoms with E-state index in [-0.39, 0.29) is 22.6 Å². The molecule has 6 rings (SSSR count). The molecule has 2 aromatic carbocycles. The molecule has 2 aliphatic heterocycles. The molecule has 13 heteroatoms. The molecular formula is C31H33ClFN7O4. The number of aliphatic hydroxyl groups excluding tert-OH is 1. The lowest BCUT2D eigenvalue weighted by Crippen LogP contribution is -2.55. The zero-order valence-electron chi connectivity index (χ0n) is 24.4. The molecule has 3 N–H and O–H groups in total. The second kappa shape index (κ2) is 12.4. The van der Waals surface area contributed by atoms with Crippen molar-refractivity contribution in [3.63, 3.8) is 0 Å². The van der Waals surface area contributed by atoms with E-state index in [9.17, 15) is 19.1 Å². The van der Waals surface area contributed by atoms with Crippen molar-refractivity contribution in [3.8, 4) is 17.0 Å². The largest absolute Gasteiger partial charge is 0.494 e. The molecule has 2 atom stereocenters. The number of aliphatic hydroxyl groups is 1. The number of amides is 2. The lowest BCUT2D eigenvalue weighted by molar-refractivity contribution is -0.141. The molecule has 44 heavy (non-hydrogen) atoms. The van der Waals surface area contributed by atoms with Gasteiger partial charge in [-0.2, -0.15) is 0 Å². The summed E-state index contributed by atoms with van der Waals surface area (Å²) in [6, 6.07) is 8.65. The van der Waals surface area contributed by atoms with E-state index in [1.165, 1.54) is 13.2 Å². The van der Waals surface area contributed by atoms with E-state index in [4.69, 9.17) is 16.3 Å². The van der Waals surface area contributed by atoms with Crippen LogP contribution in [0.15, 0.2) is 48.9 Å². The van der Waals surface area contributed by atoms with E-state index in [1.54, 1.807) is 44.9 Å². The molecule has 2 saturated heterocycles. The van der Waals surface area contributed by atoms with Crippen LogP contribution in [0.3, 0.4) is 0 Å². The van der Waals surface area contributed by atoms with E-state index >= 15 is 0 Å². The van der Waals surface area contributed by atoms with Gasteiger partial charge in [-0.05, 0) is 55.8 Å². The van der Waals surface area contributed by atoms with Crippen LogP contribution < -0.4 is 15.4 Å². The molecule has 230 valence electrons. The van der Waals surface area contributed by atoms with Gasteiger partial charge in [0.25, 0.3) is 5.91 Å². The Morgan fingerprint density at radius 1 is 1.14 bits per heavy atom. The molecule has 0 unspecified atom stereocenters. The second-order valence-electron chi connectivity index (χ2n) is 11.0. The van der Waals surface area contributed by atoms with Crippen molar-refractivity contribution in [2.24, 2.45) is 5.92 Å². The number of hydrogen-bond acceptors (Lipinski definition) is 8. The molecule has 0 radical (unpaired) electrons. The minimum absolute atomic E-state index is 0.0369. The van der Waals surface area contributed by atoms with E-state index in [1.807, 2.05) is 19.1 Å². The van der Waals surface area contributed by atoms with E-state index in [2.05, 4.69) is 20.6 Å². The first-order chi connectivity index (χ1) is 21.3. The summed E-state index contributed by atoms with van der Waals surface area (Å²) in [5.74, 6) is -0.638. The first kappa shape index (κ1) is 29.8. The maximum absolute atomic E-state index is 14.6. The van der Waals surface area contributed by atoms with Gasteiger partial charge in [0, 0.05) is 61.9 Å². The van der Waals surface area contributed by atoms with Gasteiger partial charge in [0.2, 0.25) is 5.91 Å². The average Bonchev–Trinajstić information content (AvgIpc) is 3.47. The zero-order valence-corrected chi connectivity index (χ0v) is 25.1. The van der Waals surface area contributed by atoms with Crippen molar-refractivity contribution in [2.75, 3.05) is 51.7 Å². The van der Waals surface area contributed by atoms with Gasteiger partial charge in [0.15, 0.2) is 23.0 Å². The van der Waals surface area contributed by atoms with Crippen LogP contribution in [0.4, 0.5) is 15.9 Å². The lowest BCUT2D eigenvalue weighted by Gasteiger charge is -2.38. The lowest BCUT2D eigenvalue weighted by atomic mass is 9.93. The standard InChI is InChI=1S/C31H33ClFN7O4/c1-18-15-19(3-4-20(18)30(42)38-11-13-39(14-12-38)31(43)22-7-8-34-17-24(22)41)37-28-29-36-16-23(40(29)10-9-35-28)21-5-6-25(44-2)27(33)26(21)32/h3-6,9-10,15-16,22,24,34,41H,7-8,11-14,17H2,1-2H3,(H,35,37)/t22-,24+/m1/s1. The SMILES string of the molecule is COc1ccc(-c2cnc3c(Nc4ccc(C(=O)N5CCN(C(=O)[C@@H]6CCNC[C@@H]6O)CC5)c(C)c4)nccn23)c(Cl)c1F. The van der Waals surface area contributed by atoms with Crippen LogP contribution in [0.2, 0.25) is 5.02 Å². The number of piperazine rings is 1. The average molecular weight is 622 g/mol. The van der Waals surface area contributed by atoms with Gasteiger partial charge >= 0.3 is 0 Å². The predicted octanol–water partition coefficient (Wildman–Crippen LogP) is 3.50. The number of piperidine rings is 1. The van der Waals surface area contributed by atoms with Crippen molar-refractivity contribution in [2.45, 2.75) is 19.4 Å². The smallest absolute Gasteiger partial charge is 0.254 e. The van der Waals surface area contributed by atoms with Gasteiger partial charge in [-0.25, -0.2) is 14.4 Å². The van der Waals surface area contributed by atoms with Gasteiger partial charge in [0.1, 0.15) is 0 Å². The highest BCUT2D eigenvalue weighted by atomic mass is 35.5. The number of benzene rings is 2. The second-order valence-corrected chi connectivity index (χ2v) is 11.4. The maximum Gasteiger partial charge on any atom is 0.254 e. The Kier molecular flexibility index (Phi) is 8.39. The highest BCUT2D eigenvalue weighted by Gasteiger charge is 2.34. The minimum atomic E-state index is -0.681. The summed E-state index contributed by atoms with van der Waals surface area (Å²) < 4.78 is 21.4. The maximum atomic E-state index is 14.6. The number of imidazole rings is 1. The molecule has 2 aliphatic rings. The number of aryl methyl sites for hydroxylation is 1. The summed E-state index contributed by atoms with van der Waals surface area (Å²) in [5, 5.41) is 16.5. The number of nitrogens with zero attached hydrogens (tertiary/aromatic N) is 5. The molecule has 0 bridgehead atoms. The Morgan fingerprint density at radius 3 is 2.64 bits per heavy atom. The van der Waals surface area contributed by atoms with Gasteiger partial charge < -0.3 is 30.3 Å². The third kappa shape index (κ3) is 5.56. The highest BCUT2D eigenvalue weighted by Crippen LogP contribution is 2.36. The van der Waals surface area contributed by atoms with Crippen LogP contribution in [0.5, 0.6) is 5.75 Å². The number of anilines is 2. The normalized spacial score (nSPS) is 18.8. The molecule has 0 spiro atoms. The third-order valence-electron chi connectivity index (χ3n) is 8.34. The van der Waals surface area contributed by atoms with E-state index in [0.29, 0.717) is 79.7 Å². The van der Waals surface area contributed by atoms with Gasteiger partial charge in [-0.3, -0.25) is 14.0 Å². The Morgan fingerprint density at radius 2 is 1.91 bits per heavy atom. The monoisotopic (exact) mass is 621 g/mol. The van der Waals surface area contributed by atoms with Crippen molar-refractivity contribution >= 4 is 40.6 Å². The molecule has 4 aromatic rings. The number of carbonyl (C=O) groups excluding carboxylic acids is 2. The van der Waals surface area contributed by atoms with Crippen LogP contribution in [0, 0.1) is 18.7 Å². The summed E-state index contributed by atoms with van der Waals surface area (Å²) in [6.45, 7) is 4.75. The number of hydrogen-bond donors (Lipinski definition) is 3.